The number of ether oxygens (including phenoxy) is 8. The number of esters is 6. The molecule has 14 nitrogen and oxygen atoms in total. The Hall–Kier alpha value is -4.20. The van der Waals surface area contributed by atoms with Gasteiger partial charge in [0.2, 0.25) is 12.4 Å². The van der Waals surface area contributed by atoms with Crippen LogP contribution in [0.5, 0.6) is 11.5 Å². The van der Waals surface area contributed by atoms with Gasteiger partial charge in [0.25, 0.3) is 0 Å². The summed E-state index contributed by atoms with van der Waals surface area (Å²) >= 11 is 0. The molecule has 2 saturated carbocycles. The first-order chi connectivity index (χ1) is 23.6. The van der Waals surface area contributed by atoms with Gasteiger partial charge in [-0.2, -0.15) is 0 Å². The largest absolute Gasteiger partial charge is 0.463 e. The van der Waals surface area contributed by atoms with Crippen molar-refractivity contribution in [1.82, 2.24) is 0 Å². The van der Waals surface area contributed by atoms with Crippen molar-refractivity contribution in [2.75, 3.05) is 6.61 Å². The summed E-state index contributed by atoms with van der Waals surface area (Å²) < 4.78 is 45.7. The van der Waals surface area contributed by atoms with E-state index in [1.54, 1.807) is 6.07 Å². The molecule has 50 heavy (non-hydrogen) atoms. The van der Waals surface area contributed by atoms with Crippen LogP contribution in [0.25, 0.3) is 0 Å². The van der Waals surface area contributed by atoms with Crippen molar-refractivity contribution in [3.63, 3.8) is 0 Å². The molecule has 3 unspecified atom stereocenters. The van der Waals surface area contributed by atoms with E-state index in [9.17, 15) is 28.8 Å². The molecule has 0 spiro atoms. The van der Waals surface area contributed by atoms with Crippen LogP contribution in [0.4, 0.5) is 0 Å². The van der Waals surface area contributed by atoms with Crippen LogP contribution in [0.15, 0.2) is 12.1 Å². The minimum absolute atomic E-state index is 0.106. The fourth-order valence-corrected chi connectivity index (χ4v) is 8.66. The molecule has 14 heteroatoms. The fraction of sp³-hybridized carbons (Fsp3) is 0.667. The van der Waals surface area contributed by atoms with E-state index in [0.29, 0.717) is 18.3 Å². The van der Waals surface area contributed by atoms with Crippen molar-refractivity contribution in [2.45, 2.75) is 130 Å². The Balaban J connectivity index is 1.50. The first-order valence-corrected chi connectivity index (χ1v) is 17.1. The monoisotopic (exact) mass is 702 g/mol. The molecular formula is C36H46O14. The van der Waals surface area contributed by atoms with Crippen molar-refractivity contribution in [1.29, 1.82) is 0 Å². The molecule has 0 amide bonds. The molecule has 1 heterocycles. The summed E-state index contributed by atoms with van der Waals surface area (Å²) in [5.74, 6) is -2.69. The fourth-order valence-electron chi connectivity index (χ4n) is 8.66. The number of carbonyl (C=O) groups excluding carboxylic acids is 6. The molecule has 0 radical (unpaired) electrons. The Kier molecular flexibility index (Phi) is 11.1. The number of aryl methyl sites for hydroxylation is 1. The molecule has 0 aromatic heterocycles. The predicted molar refractivity (Wildman–Crippen MR) is 171 cm³/mol. The van der Waals surface area contributed by atoms with Crippen molar-refractivity contribution in [2.24, 2.45) is 17.3 Å². The predicted octanol–water partition coefficient (Wildman–Crippen LogP) is 3.86. The van der Waals surface area contributed by atoms with Crippen molar-refractivity contribution in [3.05, 3.63) is 23.3 Å². The van der Waals surface area contributed by atoms with Gasteiger partial charge >= 0.3 is 35.8 Å². The maximum Gasteiger partial charge on any atom is 0.308 e. The van der Waals surface area contributed by atoms with Gasteiger partial charge in [-0.1, -0.05) is 6.92 Å². The van der Waals surface area contributed by atoms with E-state index in [4.69, 9.17) is 37.9 Å². The molecule has 274 valence electrons. The van der Waals surface area contributed by atoms with Crippen LogP contribution >= 0.6 is 0 Å². The number of carbonyl (C=O) groups is 6. The van der Waals surface area contributed by atoms with Crippen molar-refractivity contribution >= 4 is 35.8 Å². The van der Waals surface area contributed by atoms with E-state index in [1.165, 1.54) is 20.8 Å². The molecule has 1 aromatic carbocycles. The topological polar surface area (TPSA) is 176 Å². The summed E-state index contributed by atoms with van der Waals surface area (Å²) in [6.07, 6.45) is -1.90. The van der Waals surface area contributed by atoms with Crippen molar-refractivity contribution < 1.29 is 66.7 Å². The lowest BCUT2D eigenvalue weighted by Gasteiger charge is -2.50. The second kappa shape index (κ2) is 15.0. The van der Waals surface area contributed by atoms with Crippen LogP contribution in [-0.2, 0) is 63.6 Å². The molecule has 1 aliphatic heterocycles. The highest BCUT2D eigenvalue weighted by molar-refractivity contribution is 5.71. The Morgan fingerprint density at radius 1 is 0.720 bits per heavy atom. The van der Waals surface area contributed by atoms with E-state index in [-0.39, 0.29) is 34.9 Å². The Bertz CT molecular complexity index is 1520. The molecule has 1 aromatic rings. The average Bonchev–Trinajstić information content (AvgIpc) is 3.33. The van der Waals surface area contributed by atoms with Gasteiger partial charge in [0.1, 0.15) is 18.8 Å². The van der Waals surface area contributed by atoms with Crippen LogP contribution in [0.3, 0.4) is 0 Å². The highest BCUT2D eigenvalue weighted by atomic mass is 16.7. The Labute approximate surface area is 290 Å². The summed E-state index contributed by atoms with van der Waals surface area (Å²) in [5.41, 5.74) is 1.92. The molecule has 10 atom stereocenters. The van der Waals surface area contributed by atoms with Gasteiger partial charge in [0.05, 0.1) is 0 Å². The highest BCUT2D eigenvalue weighted by Crippen LogP contribution is 2.62. The number of hydrogen-bond donors (Lipinski definition) is 0. The van der Waals surface area contributed by atoms with Crippen LogP contribution in [0.1, 0.15) is 97.6 Å². The van der Waals surface area contributed by atoms with E-state index in [0.717, 1.165) is 64.0 Å². The third-order valence-electron chi connectivity index (χ3n) is 10.5. The highest BCUT2D eigenvalue weighted by Gasteiger charge is 2.57. The van der Waals surface area contributed by atoms with Gasteiger partial charge in [-0.15, -0.1) is 0 Å². The zero-order valence-corrected chi connectivity index (χ0v) is 29.5. The summed E-state index contributed by atoms with van der Waals surface area (Å²) in [5, 5.41) is 0. The van der Waals surface area contributed by atoms with Crippen LogP contribution in [-0.4, -0.2) is 79.2 Å². The van der Waals surface area contributed by atoms with Gasteiger partial charge < -0.3 is 37.9 Å². The third kappa shape index (κ3) is 7.90. The lowest BCUT2D eigenvalue weighted by atomic mass is 9.55. The SMILES string of the molecule is CC(=O)OC[C@H]1O[C@@H](Oc2cc3c(cc2OC(C)=O)C2CC[C@@]4(C)C(CC[C@H]4OC(C)=O)C2CC3)[C@H](OC(C)=O)[C@@H](OC(C)=O)[C@@H]1OC(C)=O. The van der Waals surface area contributed by atoms with Crippen LogP contribution in [0, 0.1) is 17.3 Å². The second-order valence-corrected chi connectivity index (χ2v) is 13.9. The molecule has 3 fully saturated rings. The Morgan fingerprint density at radius 3 is 1.98 bits per heavy atom. The number of rotatable bonds is 9. The lowest BCUT2D eigenvalue weighted by molar-refractivity contribution is -0.288. The van der Waals surface area contributed by atoms with Crippen molar-refractivity contribution in [3.8, 4) is 11.5 Å². The summed E-state index contributed by atoms with van der Waals surface area (Å²) in [7, 11) is 0. The summed E-state index contributed by atoms with van der Waals surface area (Å²) in [6, 6.07) is 3.59. The first-order valence-electron chi connectivity index (χ1n) is 17.1. The Morgan fingerprint density at radius 2 is 1.36 bits per heavy atom. The molecule has 4 aliphatic rings. The van der Waals surface area contributed by atoms with Crippen LogP contribution < -0.4 is 9.47 Å². The van der Waals surface area contributed by atoms with E-state index < -0.39 is 67.2 Å². The smallest absolute Gasteiger partial charge is 0.308 e. The molecule has 3 aliphatic carbocycles. The normalized spacial score (nSPS) is 32.6. The minimum Gasteiger partial charge on any atom is -0.463 e. The third-order valence-corrected chi connectivity index (χ3v) is 10.5. The van der Waals surface area contributed by atoms with Gasteiger partial charge in [0.15, 0.2) is 23.7 Å². The van der Waals surface area contributed by atoms with E-state index in [2.05, 4.69) is 6.92 Å². The van der Waals surface area contributed by atoms with Gasteiger partial charge in [-0.3, -0.25) is 28.8 Å². The first kappa shape index (κ1) is 37.1. The quantitative estimate of drug-likeness (QED) is 0.206. The average molecular weight is 703 g/mol. The number of fused-ring (bicyclic) bond motifs is 5. The molecule has 0 N–H and O–H groups in total. The van der Waals surface area contributed by atoms with E-state index >= 15 is 0 Å². The molecule has 0 bridgehead atoms. The molecule has 5 rings (SSSR count). The minimum atomic E-state index is -1.49. The maximum atomic E-state index is 12.4. The molecule has 1 saturated heterocycles. The second-order valence-electron chi connectivity index (χ2n) is 13.9. The lowest BCUT2D eigenvalue weighted by Crippen LogP contribution is -2.63. The van der Waals surface area contributed by atoms with Crippen LogP contribution in [0.2, 0.25) is 0 Å². The zero-order chi connectivity index (χ0) is 36.5. The van der Waals surface area contributed by atoms with Gasteiger partial charge in [-0.25, -0.2) is 0 Å². The molecular weight excluding hydrogens is 656 g/mol. The van der Waals surface area contributed by atoms with Gasteiger partial charge in [0, 0.05) is 47.0 Å². The number of hydrogen-bond acceptors (Lipinski definition) is 14. The standard InChI is InChI=1S/C36H46O14/c1-17(37)43-16-30-32(46-20(4)40)33(47-21(5)41)34(48-22(6)42)35(50-30)49-28-14-23-8-9-25-24(26(23)15-29(28)44-18(2)38)12-13-36(7)27(25)10-11-31(36)45-19(3)39/h14-15,24-25,27,30-35H,8-13,16H2,1-7H3/t24?,25?,27?,30-,31-,32-,33+,34-,35-,36+/m1/s1. The summed E-state index contributed by atoms with van der Waals surface area (Å²) in [6.45, 7) is 9.13. The zero-order valence-electron chi connectivity index (χ0n) is 29.5. The number of benzene rings is 1. The van der Waals surface area contributed by atoms with E-state index in [1.807, 2.05) is 6.07 Å². The maximum absolute atomic E-state index is 12.4. The van der Waals surface area contributed by atoms with Gasteiger partial charge in [-0.05, 0) is 79.5 Å². The summed E-state index contributed by atoms with van der Waals surface area (Å²) in [4.78, 5) is 72.7.